The zero-order valence-corrected chi connectivity index (χ0v) is 19.1. The fraction of sp³-hybridized carbons (Fsp3) is 0. The van der Waals surface area contributed by atoms with Crippen molar-refractivity contribution in [1.29, 1.82) is 0 Å². The Hall–Kier alpha value is -4.47. The third-order valence-corrected chi connectivity index (χ3v) is 5.97. The van der Waals surface area contributed by atoms with E-state index in [1.807, 2.05) is 42.5 Å². The van der Waals surface area contributed by atoms with Crippen LogP contribution in [0.5, 0.6) is 5.75 Å². The third kappa shape index (κ3) is 5.37. The van der Waals surface area contributed by atoms with Crippen molar-refractivity contribution in [2.24, 2.45) is 5.73 Å². The number of anilines is 3. The first-order valence-electron chi connectivity index (χ1n) is 10.4. The number of hydrogen-bond acceptors (Lipinski definition) is 4. The maximum absolute atomic E-state index is 12.8. The summed E-state index contributed by atoms with van der Waals surface area (Å²) < 4.78 is 23.0. The molecule has 0 saturated carbocycles. The van der Waals surface area contributed by atoms with E-state index >= 15 is 0 Å². The zero-order valence-electron chi connectivity index (χ0n) is 18.3. The van der Waals surface area contributed by atoms with E-state index in [1.165, 1.54) is 42.5 Å². The van der Waals surface area contributed by atoms with Gasteiger partial charge < -0.3 is 16.2 Å². The molecule has 0 heterocycles. The van der Waals surface area contributed by atoms with E-state index in [1.54, 1.807) is 12.1 Å². The summed E-state index contributed by atoms with van der Waals surface area (Å²) in [5.74, 6) is -1.31. The Morgan fingerprint density at radius 2 is 1.40 bits per heavy atom. The van der Waals surface area contributed by atoms with Gasteiger partial charge in [-0.25, -0.2) is 8.51 Å². The molecule has 176 valence electrons. The number of primary amides is 1. The number of phenols is 1. The van der Waals surface area contributed by atoms with Gasteiger partial charge >= 0.3 is 0 Å². The molecule has 0 radical (unpaired) electrons. The Kier molecular flexibility index (Phi) is 6.91. The van der Waals surface area contributed by atoms with Gasteiger partial charge in [-0.1, -0.05) is 42.5 Å². The summed E-state index contributed by atoms with van der Waals surface area (Å²) in [5.41, 5.74) is 8.40. The van der Waals surface area contributed by atoms with Gasteiger partial charge in [0.2, 0.25) is 5.91 Å². The molecule has 4 rings (SSSR count). The van der Waals surface area contributed by atoms with Crippen molar-refractivity contribution in [1.82, 2.24) is 0 Å². The van der Waals surface area contributed by atoms with Gasteiger partial charge in [0.15, 0.2) is 0 Å². The molecule has 4 aromatic carbocycles. The summed E-state index contributed by atoms with van der Waals surface area (Å²) in [6.07, 6.45) is 0. The second-order valence-corrected chi connectivity index (χ2v) is 8.36. The van der Waals surface area contributed by atoms with Crippen molar-refractivity contribution in [2.75, 3.05) is 9.62 Å². The minimum atomic E-state index is -2.57. The van der Waals surface area contributed by atoms with Gasteiger partial charge in [-0.15, -0.1) is 0 Å². The molecule has 1 atom stereocenters. The number of nitrogens with two attached hydrogens (primary N) is 1. The lowest BCUT2D eigenvalue weighted by atomic mass is 10.0. The van der Waals surface area contributed by atoms with Crippen LogP contribution in [0, 0.1) is 0 Å². The van der Waals surface area contributed by atoms with Crippen LogP contribution in [0.1, 0.15) is 20.7 Å². The van der Waals surface area contributed by atoms with Crippen LogP contribution in [0.3, 0.4) is 0 Å². The molecule has 0 aliphatic carbocycles. The molecule has 4 aromatic rings. The molecule has 0 aromatic heterocycles. The molecule has 0 aliphatic heterocycles. The summed E-state index contributed by atoms with van der Waals surface area (Å²) >= 11 is -2.57. The predicted octanol–water partition coefficient (Wildman–Crippen LogP) is 4.69. The van der Waals surface area contributed by atoms with Crippen LogP contribution in [-0.4, -0.2) is 25.7 Å². The number of amides is 2. The molecule has 0 aliphatic rings. The third-order valence-electron chi connectivity index (χ3n) is 5.25. The molecule has 0 spiro atoms. The minimum Gasteiger partial charge on any atom is -0.506 e. The lowest BCUT2D eigenvalue weighted by molar-refractivity contribution is 0.0997. The van der Waals surface area contributed by atoms with Crippen LogP contribution in [0.15, 0.2) is 97.1 Å². The van der Waals surface area contributed by atoms with Gasteiger partial charge in [0.05, 0.1) is 5.69 Å². The molecule has 1 unspecified atom stereocenters. The average Bonchev–Trinajstić information content (AvgIpc) is 2.87. The molecule has 9 heteroatoms. The molecule has 8 nitrogen and oxygen atoms in total. The standard InChI is InChI=1S/C26H21N3O5S/c27-25(31)19-10-13-22(14-11-19)29(35(33)34)23-16-21(12-15-24(23)30)28-26(32)20-8-6-18(7-9-20)17-4-2-1-3-5-17/h1-16,30H,(H2,27,31)(H,28,32)(H,33,34). The number of carbonyl (C=O) groups is 2. The molecule has 2 amide bonds. The van der Waals surface area contributed by atoms with Crippen molar-refractivity contribution in [3.63, 3.8) is 0 Å². The van der Waals surface area contributed by atoms with Gasteiger partial charge in [0.1, 0.15) is 11.4 Å². The number of aromatic hydroxyl groups is 1. The average molecular weight is 488 g/mol. The van der Waals surface area contributed by atoms with E-state index < -0.39 is 17.2 Å². The first-order chi connectivity index (χ1) is 16.8. The summed E-state index contributed by atoms with van der Waals surface area (Å²) in [4.78, 5) is 24.1. The van der Waals surface area contributed by atoms with Crippen molar-refractivity contribution < 1.29 is 23.5 Å². The first kappa shape index (κ1) is 23.7. The van der Waals surface area contributed by atoms with Crippen molar-refractivity contribution in [3.05, 3.63) is 108 Å². The highest BCUT2D eigenvalue weighted by Gasteiger charge is 2.20. The van der Waals surface area contributed by atoms with E-state index in [0.717, 1.165) is 15.4 Å². The number of nitrogens with one attached hydrogen (secondary N) is 1. The summed E-state index contributed by atoms with van der Waals surface area (Å²) in [7, 11) is 0. The van der Waals surface area contributed by atoms with Crippen molar-refractivity contribution in [2.45, 2.75) is 0 Å². The lowest BCUT2D eigenvalue weighted by Crippen LogP contribution is -2.20. The highest BCUT2D eigenvalue weighted by atomic mass is 32.2. The lowest BCUT2D eigenvalue weighted by Gasteiger charge is -2.22. The molecule has 5 N–H and O–H groups in total. The number of nitrogens with zero attached hydrogens (tertiary/aromatic N) is 1. The quantitative estimate of drug-likeness (QED) is 0.222. The molecule has 0 bridgehead atoms. The highest BCUT2D eigenvalue weighted by Crippen LogP contribution is 2.36. The summed E-state index contributed by atoms with van der Waals surface area (Å²) in [5, 5.41) is 13.1. The topological polar surface area (TPSA) is 133 Å². The Morgan fingerprint density at radius 3 is 2.00 bits per heavy atom. The number of rotatable bonds is 7. The van der Waals surface area contributed by atoms with Crippen LogP contribution < -0.4 is 15.4 Å². The molecular formula is C26H21N3O5S. The number of carbonyl (C=O) groups excluding carboxylic acids is 2. The van der Waals surface area contributed by atoms with Gasteiger partial charge in [-0.05, 0) is 65.7 Å². The number of phenolic OH excluding ortho intramolecular Hbond substituents is 1. The molecule has 0 saturated heterocycles. The summed E-state index contributed by atoms with van der Waals surface area (Å²) in [6, 6.07) is 26.7. The van der Waals surface area contributed by atoms with Crippen LogP contribution in [0.4, 0.5) is 17.1 Å². The Balaban J connectivity index is 1.58. The Bertz CT molecular complexity index is 1390. The van der Waals surface area contributed by atoms with Crippen molar-refractivity contribution >= 4 is 40.1 Å². The van der Waals surface area contributed by atoms with E-state index in [-0.39, 0.29) is 28.6 Å². The van der Waals surface area contributed by atoms with Gasteiger partial charge in [0.25, 0.3) is 17.2 Å². The highest BCUT2D eigenvalue weighted by molar-refractivity contribution is 7.81. The van der Waals surface area contributed by atoms with Crippen LogP contribution in [0.2, 0.25) is 0 Å². The summed E-state index contributed by atoms with van der Waals surface area (Å²) in [6.45, 7) is 0. The van der Waals surface area contributed by atoms with Gasteiger partial charge in [-0.2, -0.15) is 0 Å². The first-order valence-corrected chi connectivity index (χ1v) is 11.5. The Labute approximate surface area is 204 Å². The fourth-order valence-corrected chi connectivity index (χ4v) is 4.10. The van der Waals surface area contributed by atoms with Crippen LogP contribution in [0.25, 0.3) is 11.1 Å². The SMILES string of the molecule is NC(=O)c1ccc(N(c2cc(NC(=O)c3ccc(-c4ccccc4)cc3)ccc2O)S(=O)O)cc1. The molecule has 0 fully saturated rings. The normalized spacial score (nSPS) is 11.5. The van der Waals surface area contributed by atoms with Gasteiger partial charge in [-0.3, -0.25) is 14.1 Å². The zero-order chi connectivity index (χ0) is 24.9. The van der Waals surface area contributed by atoms with E-state index in [0.29, 0.717) is 11.3 Å². The monoisotopic (exact) mass is 487 g/mol. The smallest absolute Gasteiger partial charge is 0.266 e. The fourth-order valence-electron chi connectivity index (χ4n) is 3.49. The van der Waals surface area contributed by atoms with E-state index in [4.69, 9.17) is 5.73 Å². The number of benzene rings is 4. The number of hydrogen-bond donors (Lipinski definition) is 4. The van der Waals surface area contributed by atoms with Crippen molar-refractivity contribution in [3.8, 4) is 16.9 Å². The second-order valence-electron chi connectivity index (χ2n) is 7.54. The minimum absolute atomic E-state index is 0.0186. The Morgan fingerprint density at radius 1 is 0.800 bits per heavy atom. The maximum Gasteiger partial charge on any atom is 0.266 e. The van der Waals surface area contributed by atoms with Crippen LogP contribution in [-0.2, 0) is 11.3 Å². The molecule has 35 heavy (non-hydrogen) atoms. The maximum atomic E-state index is 12.8. The molecular weight excluding hydrogens is 466 g/mol. The van der Waals surface area contributed by atoms with Crippen LogP contribution >= 0.6 is 0 Å². The predicted molar refractivity (Wildman–Crippen MR) is 136 cm³/mol. The largest absolute Gasteiger partial charge is 0.506 e. The van der Waals surface area contributed by atoms with E-state index in [9.17, 15) is 23.5 Å². The van der Waals surface area contributed by atoms with E-state index in [2.05, 4.69) is 5.32 Å². The second kappa shape index (κ2) is 10.2. The van der Waals surface area contributed by atoms with Gasteiger partial charge in [0, 0.05) is 16.8 Å².